The summed E-state index contributed by atoms with van der Waals surface area (Å²) in [6, 6.07) is 0. The molecule has 0 rings (SSSR count). The van der Waals surface area contributed by atoms with Crippen molar-refractivity contribution in [2.24, 2.45) is 5.92 Å². The van der Waals surface area contributed by atoms with Crippen molar-refractivity contribution in [2.75, 3.05) is 13.7 Å². The summed E-state index contributed by atoms with van der Waals surface area (Å²) in [6.07, 6.45) is 3.11. The molecule has 0 saturated carbocycles. The normalized spacial score (nSPS) is 13.1. The van der Waals surface area contributed by atoms with Crippen molar-refractivity contribution < 1.29 is 28.6 Å². The third-order valence-electron chi connectivity index (χ3n) is 3.23. The summed E-state index contributed by atoms with van der Waals surface area (Å²) in [4.78, 5) is 34.9. The van der Waals surface area contributed by atoms with Crippen molar-refractivity contribution in [3.63, 3.8) is 0 Å². The van der Waals surface area contributed by atoms with Crippen LogP contribution in [0.3, 0.4) is 0 Å². The lowest BCUT2D eigenvalue weighted by atomic mass is 9.96. The predicted molar refractivity (Wildman–Crippen MR) is 81.1 cm³/mol. The van der Waals surface area contributed by atoms with Gasteiger partial charge in [0.2, 0.25) is 0 Å². The first-order valence-electron chi connectivity index (χ1n) is 7.87. The van der Waals surface area contributed by atoms with Crippen molar-refractivity contribution in [3.05, 3.63) is 0 Å². The Kier molecular flexibility index (Phi) is 11.1. The summed E-state index contributed by atoms with van der Waals surface area (Å²) < 4.78 is 14.9. The predicted octanol–water partition coefficient (Wildman–Crippen LogP) is 2.63. The van der Waals surface area contributed by atoms with Crippen LogP contribution in [-0.2, 0) is 28.6 Å². The largest absolute Gasteiger partial charge is 0.469 e. The minimum absolute atomic E-state index is 0.0900. The van der Waals surface area contributed by atoms with Gasteiger partial charge in [-0.1, -0.05) is 33.1 Å². The molecule has 0 aromatic carbocycles. The SMILES string of the molecule is CCCCCOC(=O)C(CC(CCC)C(=O)OC)OC(C)=O. The van der Waals surface area contributed by atoms with E-state index < -0.39 is 29.9 Å². The molecule has 0 fully saturated rings. The van der Waals surface area contributed by atoms with Crippen LogP contribution in [0.15, 0.2) is 0 Å². The highest BCUT2D eigenvalue weighted by molar-refractivity contribution is 5.80. The Balaban J connectivity index is 4.68. The van der Waals surface area contributed by atoms with Gasteiger partial charge in [-0.3, -0.25) is 9.59 Å². The molecule has 6 nitrogen and oxygen atoms in total. The summed E-state index contributed by atoms with van der Waals surface area (Å²) in [5, 5.41) is 0. The molecule has 0 aliphatic heterocycles. The van der Waals surface area contributed by atoms with Crippen molar-refractivity contribution in [1.82, 2.24) is 0 Å². The van der Waals surface area contributed by atoms with E-state index in [9.17, 15) is 14.4 Å². The van der Waals surface area contributed by atoms with E-state index in [0.717, 1.165) is 25.7 Å². The fraction of sp³-hybridized carbons (Fsp3) is 0.812. The van der Waals surface area contributed by atoms with Gasteiger partial charge in [-0.2, -0.15) is 0 Å². The molecule has 0 amide bonds. The maximum Gasteiger partial charge on any atom is 0.347 e. The molecule has 0 aromatic rings. The highest BCUT2D eigenvalue weighted by Crippen LogP contribution is 2.18. The number of methoxy groups -OCH3 is 1. The number of unbranched alkanes of at least 4 members (excludes halogenated alkanes) is 2. The first kappa shape index (κ1) is 20.4. The standard InChI is InChI=1S/C16H28O6/c1-5-7-8-10-21-16(19)14(22-12(3)17)11-13(9-6-2)15(18)20-4/h13-14H,5-11H2,1-4H3. The van der Waals surface area contributed by atoms with Crippen molar-refractivity contribution >= 4 is 17.9 Å². The van der Waals surface area contributed by atoms with E-state index in [2.05, 4.69) is 6.92 Å². The molecule has 0 spiro atoms. The lowest BCUT2D eigenvalue weighted by molar-refractivity contribution is -0.169. The van der Waals surface area contributed by atoms with Crippen LogP contribution in [0.1, 0.15) is 59.3 Å². The summed E-state index contributed by atoms with van der Waals surface area (Å²) in [6.45, 7) is 5.50. The fourth-order valence-electron chi connectivity index (χ4n) is 2.12. The summed E-state index contributed by atoms with van der Waals surface area (Å²) in [7, 11) is 1.30. The average molecular weight is 316 g/mol. The van der Waals surface area contributed by atoms with Gasteiger partial charge in [-0.05, 0) is 12.8 Å². The van der Waals surface area contributed by atoms with Crippen LogP contribution in [0.4, 0.5) is 0 Å². The molecule has 0 N–H and O–H groups in total. The zero-order valence-corrected chi connectivity index (χ0v) is 14.1. The molecule has 0 saturated heterocycles. The van der Waals surface area contributed by atoms with E-state index in [1.54, 1.807) is 0 Å². The molecule has 22 heavy (non-hydrogen) atoms. The first-order valence-corrected chi connectivity index (χ1v) is 7.87. The molecule has 0 aliphatic rings. The Morgan fingerprint density at radius 2 is 1.68 bits per heavy atom. The van der Waals surface area contributed by atoms with Crippen LogP contribution in [0.25, 0.3) is 0 Å². The molecule has 0 bridgehead atoms. The molecular weight excluding hydrogens is 288 g/mol. The number of rotatable bonds is 11. The zero-order valence-electron chi connectivity index (χ0n) is 14.1. The maximum atomic E-state index is 12.0. The third kappa shape index (κ3) is 8.64. The van der Waals surface area contributed by atoms with E-state index in [-0.39, 0.29) is 6.42 Å². The van der Waals surface area contributed by atoms with Crippen LogP contribution in [0.5, 0.6) is 0 Å². The summed E-state index contributed by atoms with van der Waals surface area (Å²) in [5.41, 5.74) is 0. The maximum absolute atomic E-state index is 12.0. The number of hydrogen-bond donors (Lipinski definition) is 0. The van der Waals surface area contributed by atoms with Gasteiger partial charge < -0.3 is 14.2 Å². The molecule has 128 valence electrons. The summed E-state index contributed by atoms with van der Waals surface area (Å²) >= 11 is 0. The average Bonchev–Trinajstić information content (AvgIpc) is 2.48. The van der Waals surface area contributed by atoms with Crippen molar-refractivity contribution in [3.8, 4) is 0 Å². The molecule has 0 aromatic heterocycles. The van der Waals surface area contributed by atoms with E-state index in [1.807, 2.05) is 6.92 Å². The Labute approximate surface area is 132 Å². The van der Waals surface area contributed by atoms with Gasteiger partial charge in [0.25, 0.3) is 0 Å². The van der Waals surface area contributed by atoms with Gasteiger partial charge >= 0.3 is 17.9 Å². The lowest BCUT2D eigenvalue weighted by Crippen LogP contribution is -2.33. The van der Waals surface area contributed by atoms with E-state index in [1.165, 1.54) is 14.0 Å². The Bertz CT molecular complexity index is 353. The van der Waals surface area contributed by atoms with Gasteiger partial charge in [-0.15, -0.1) is 0 Å². The fourth-order valence-corrected chi connectivity index (χ4v) is 2.12. The van der Waals surface area contributed by atoms with E-state index in [0.29, 0.717) is 13.0 Å². The second-order valence-electron chi connectivity index (χ2n) is 5.22. The molecule has 2 atom stereocenters. The summed E-state index contributed by atoms with van der Waals surface area (Å²) in [5.74, 6) is -2.06. The molecule has 0 radical (unpaired) electrons. The molecule has 0 aliphatic carbocycles. The van der Waals surface area contributed by atoms with Crippen molar-refractivity contribution in [1.29, 1.82) is 0 Å². The number of esters is 3. The molecule has 0 heterocycles. The molecule has 2 unspecified atom stereocenters. The van der Waals surface area contributed by atoms with Gasteiger partial charge in [0.1, 0.15) is 0 Å². The zero-order chi connectivity index (χ0) is 17.0. The van der Waals surface area contributed by atoms with Crippen LogP contribution >= 0.6 is 0 Å². The van der Waals surface area contributed by atoms with Crippen LogP contribution in [0, 0.1) is 5.92 Å². The van der Waals surface area contributed by atoms with Gasteiger partial charge in [0.05, 0.1) is 19.6 Å². The minimum atomic E-state index is -1.06. The molecular formula is C16H28O6. The van der Waals surface area contributed by atoms with Crippen LogP contribution in [-0.4, -0.2) is 37.7 Å². The Morgan fingerprint density at radius 1 is 1.00 bits per heavy atom. The molecule has 6 heteroatoms. The Morgan fingerprint density at radius 3 is 2.18 bits per heavy atom. The number of carbonyl (C=O) groups is 3. The minimum Gasteiger partial charge on any atom is -0.469 e. The van der Waals surface area contributed by atoms with Gasteiger partial charge in [0.15, 0.2) is 6.10 Å². The monoisotopic (exact) mass is 316 g/mol. The highest BCUT2D eigenvalue weighted by atomic mass is 16.6. The topological polar surface area (TPSA) is 78.9 Å². The van der Waals surface area contributed by atoms with Gasteiger partial charge in [0, 0.05) is 13.3 Å². The smallest absolute Gasteiger partial charge is 0.347 e. The van der Waals surface area contributed by atoms with Gasteiger partial charge in [-0.25, -0.2) is 4.79 Å². The number of hydrogen-bond acceptors (Lipinski definition) is 6. The highest BCUT2D eigenvalue weighted by Gasteiger charge is 2.30. The number of ether oxygens (including phenoxy) is 3. The van der Waals surface area contributed by atoms with Crippen LogP contribution in [0.2, 0.25) is 0 Å². The quantitative estimate of drug-likeness (QED) is 0.331. The van der Waals surface area contributed by atoms with E-state index >= 15 is 0 Å². The third-order valence-corrected chi connectivity index (χ3v) is 3.23. The Hall–Kier alpha value is -1.59. The van der Waals surface area contributed by atoms with E-state index in [4.69, 9.17) is 14.2 Å². The number of carbonyl (C=O) groups excluding carboxylic acids is 3. The first-order chi connectivity index (χ1) is 10.5. The van der Waals surface area contributed by atoms with Crippen LogP contribution < -0.4 is 0 Å². The second-order valence-corrected chi connectivity index (χ2v) is 5.22. The second kappa shape index (κ2) is 12.0. The lowest BCUT2D eigenvalue weighted by Gasteiger charge is -2.20. The van der Waals surface area contributed by atoms with Crippen molar-refractivity contribution in [2.45, 2.75) is 65.4 Å².